The summed E-state index contributed by atoms with van der Waals surface area (Å²) in [4.78, 5) is 24.4. The van der Waals surface area contributed by atoms with Crippen molar-refractivity contribution in [2.45, 2.75) is 52.5 Å². The number of rotatable bonds is 6. The van der Waals surface area contributed by atoms with Crippen LogP contribution in [0.2, 0.25) is 0 Å². The van der Waals surface area contributed by atoms with Crippen LogP contribution in [0.25, 0.3) is 0 Å². The van der Waals surface area contributed by atoms with Gasteiger partial charge < -0.3 is 15.4 Å². The maximum absolute atomic E-state index is 12.6. The SMILES string of the molecule is CCC1(C(=O)N[C@@H](CC(C)C)C(=O)OC)CCNCC1. The van der Waals surface area contributed by atoms with E-state index < -0.39 is 6.04 Å². The Hall–Kier alpha value is -1.10. The lowest BCUT2D eigenvalue weighted by molar-refractivity contribution is -0.147. The Balaban J connectivity index is 2.75. The number of carbonyl (C=O) groups excluding carboxylic acids is 2. The second-order valence-electron chi connectivity index (χ2n) is 6.06. The van der Waals surface area contributed by atoms with Crippen LogP contribution in [0.5, 0.6) is 0 Å². The molecule has 0 aromatic rings. The predicted octanol–water partition coefficient (Wildman–Crippen LogP) is 1.47. The van der Waals surface area contributed by atoms with E-state index in [1.54, 1.807) is 0 Å². The first kappa shape index (κ1) is 17.0. The number of nitrogens with one attached hydrogen (secondary N) is 2. The largest absolute Gasteiger partial charge is 0.467 e. The maximum atomic E-state index is 12.6. The van der Waals surface area contributed by atoms with Gasteiger partial charge in [-0.3, -0.25) is 4.79 Å². The first-order valence-corrected chi connectivity index (χ1v) is 7.54. The number of amides is 1. The van der Waals surface area contributed by atoms with Gasteiger partial charge in [0.1, 0.15) is 6.04 Å². The van der Waals surface area contributed by atoms with Crippen molar-refractivity contribution >= 4 is 11.9 Å². The topological polar surface area (TPSA) is 67.4 Å². The van der Waals surface area contributed by atoms with Crippen LogP contribution >= 0.6 is 0 Å². The molecule has 1 aliphatic heterocycles. The monoisotopic (exact) mass is 284 g/mol. The average molecular weight is 284 g/mol. The zero-order valence-corrected chi connectivity index (χ0v) is 13.1. The minimum Gasteiger partial charge on any atom is -0.467 e. The molecule has 0 saturated carbocycles. The van der Waals surface area contributed by atoms with E-state index in [2.05, 4.69) is 10.6 Å². The molecular formula is C15H28N2O3. The summed E-state index contributed by atoms with van der Waals surface area (Å²) in [7, 11) is 1.36. The molecule has 5 nitrogen and oxygen atoms in total. The first-order valence-electron chi connectivity index (χ1n) is 7.54. The summed E-state index contributed by atoms with van der Waals surface area (Å²) < 4.78 is 4.80. The van der Waals surface area contributed by atoms with Gasteiger partial charge in [0.25, 0.3) is 0 Å². The van der Waals surface area contributed by atoms with Crippen LogP contribution in [0.1, 0.15) is 46.5 Å². The van der Waals surface area contributed by atoms with Crippen molar-refractivity contribution in [1.29, 1.82) is 0 Å². The van der Waals surface area contributed by atoms with E-state index in [9.17, 15) is 9.59 Å². The number of methoxy groups -OCH3 is 1. The summed E-state index contributed by atoms with van der Waals surface area (Å²) in [6.45, 7) is 7.81. The molecule has 0 spiro atoms. The Labute approximate surface area is 121 Å². The molecule has 1 aliphatic rings. The van der Waals surface area contributed by atoms with Crippen LogP contribution in [0.4, 0.5) is 0 Å². The second kappa shape index (κ2) is 7.62. The number of esters is 1. The number of hydrogen-bond acceptors (Lipinski definition) is 4. The molecule has 0 aromatic heterocycles. The molecule has 5 heteroatoms. The van der Waals surface area contributed by atoms with Crippen molar-refractivity contribution in [2.75, 3.05) is 20.2 Å². The van der Waals surface area contributed by atoms with Gasteiger partial charge in [-0.1, -0.05) is 20.8 Å². The third-order valence-corrected chi connectivity index (χ3v) is 4.22. The minimum atomic E-state index is -0.536. The van der Waals surface area contributed by atoms with Crippen LogP contribution in [0.15, 0.2) is 0 Å². The molecule has 1 saturated heterocycles. The molecule has 1 heterocycles. The average Bonchev–Trinajstić information content (AvgIpc) is 2.45. The molecule has 1 rings (SSSR count). The van der Waals surface area contributed by atoms with Gasteiger partial charge in [0.15, 0.2) is 0 Å². The zero-order chi connectivity index (χ0) is 15.2. The zero-order valence-electron chi connectivity index (χ0n) is 13.1. The van der Waals surface area contributed by atoms with Gasteiger partial charge in [-0.25, -0.2) is 4.79 Å². The van der Waals surface area contributed by atoms with Crippen LogP contribution in [-0.2, 0) is 14.3 Å². The maximum Gasteiger partial charge on any atom is 0.328 e. The Bertz CT molecular complexity index is 336. The van der Waals surface area contributed by atoms with Crippen molar-refractivity contribution in [1.82, 2.24) is 10.6 Å². The van der Waals surface area contributed by atoms with E-state index in [1.807, 2.05) is 20.8 Å². The lowest BCUT2D eigenvalue weighted by atomic mass is 9.75. The standard InChI is InChI=1S/C15H28N2O3/c1-5-15(6-8-16-9-7-15)14(19)17-12(10-11(2)3)13(18)20-4/h11-12,16H,5-10H2,1-4H3,(H,17,19)/t12-/m0/s1. The van der Waals surface area contributed by atoms with Gasteiger partial charge in [0.05, 0.1) is 12.5 Å². The fraction of sp³-hybridized carbons (Fsp3) is 0.867. The molecule has 116 valence electrons. The lowest BCUT2D eigenvalue weighted by Gasteiger charge is -2.36. The third-order valence-electron chi connectivity index (χ3n) is 4.22. The van der Waals surface area contributed by atoms with Crippen LogP contribution in [0.3, 0.4) is 0 Å². The Morgan fingerprint density at radius 1 is 1.30 bits per heavy atom. The number of ether oxygens (including phenoxy) is 1. The molecular weight excluding hydrogens is 256 g/mol. The minimum absolute atomic E-state index is 0.00227. The highest BCUT2D eigenvalue weighted by Gasteiger charge is 2.39. The third kappa shape index (κ3) is 4.20. The Kier molecular flexibility index (Phi) is 6.46. The quantitative estimate of drug-likeness (QED) is 0.725. The summed E-state index contributed by atoms with van der Waals surface area (Å²) in [5, 5.41) is 6.20. The first-order chi connectivity index (χ1) is 9.45. The fourth-order valence-electron chi connectivity index (χ4n) is 2.79. The van der Waals surface area contributed by atoms with E-state index in [4.69, 9.17) is 4.74 Å². The second-order valence-corrected chi connectivity index (χ2v) is 6.06. The predicted molar refractivity (Wildman–Crippen MR) is 78.2 cm³/mol. The summed E-state index contributed by atoms with van der Waals surface area (Å²) >= 11 is 0. The molecule has 1 amide bonds. The summed E-state index contributed by atoms with van der Waals surface area (Å²) in [5.74, 6) is -0.0326. The summed E-state index contributed by atoms with van der Waals surface area (Å²) in [5.41, 5.74) is -0.339. The number of carbonyl (C=O) groups is 2. The highest BCUT2D eigenvalue weighted by Crippen LogP contribution is 2.33. The van der Waals surface area contributed by atoms with E-state index in [0.29, 0.717) is 12.3 Å². The lowest BCUT2D eigenvalue weighted by Crippen LogP contribution is -2.52. The van der Waals surface area contributed by atoms with Crippen LogP contribution in [0, 0.1) is 11.3 Å². The molecule has 0 radical (unpaired) electrons. The molecule has 0 aromatic carbocycles. The van der Waals surface area contributed by atoms with Crippen molar-refractivity contribution in [3.8, 4) is 0 Å². The van der Waals surface area contributed by atoms with Crippen LogP contribution in [-0.4, -0.2) is 38.1 Å². The molecule has 2 N–H and O–H groups in total. The molecule has 0 bridgehead atoms. The van der Waals surface area contributed by atoms with Crippen molar-refractivity contribution in [2.24, 2.45) is 11.3 Å². The van der Waals surface area contributed by atoms with Gasteiger partial charge in [0, 0.05) is 0 Å². The smallest absolute Gasteiger partial charge is 0.328 e. The van der Waals surface area contributed by atoms with Crippen LogP contribution < -0.4 is 10.6 Å². The van der Waals surface area contributed by atoms with E-state index >= 15 is 0 Å². The van der Waals surface area contributed by atoms with Gasteiger partial charge >= 0.3 is 5.97 Å². The summed E-state index contributed by atoms with van der Waals surface area (Å²) in [6, 6.07) is -0.536. The number of piperidine rings is 1. The number of hydrogen-bond donors (Lipinski definition) is 2. The van der Waals surface area contributed by atoms with E-state index in [0.717, 1.165) is 32.4 Å². The van der Waals surface area contributed by atoms with Crippen molar-refractivity contribution in [3.05, 3.63) is 0 Å². The molecule has 1 fully saturated rings. The normalized spacial score (nSPS) is 19.4. The molecule has 0 aliphatic carbocycles. The van der Waals surface area contributed by atoms with E-state index in [1.165, 1.54) is 7.11 Å². The van der Waals surface area contributed by atoms with Crippen molar-refractivity contribution in [3.63, 3.8) is 0 Å². The van der Waals surface area contributed by atoms with Gasteiger partial charge in [-0.2, -0.15) is 0 Å². The molecule has 20 heavy (non-hydrogen) atoms. The summed E-state index contributed by atoms with van der Waals surface area (Å²) in [6.07, 6.45) is 3.06. The highest BCUT2D eigenvalue weighted by molar-refractivity contribution is 5.88. The van der Waals surface area contributed by atoms with E-state index in [-0.39, 0.29) is 17.3 Å². The van der Waals surface area contributed by atoms with Crippen molar-refractivity contribution < 1.29 is 14.3 Å². The van der Waals surface area contributed by atoms with Gasteiger partial charge in [-0.05, 0) is 44.7 Å². The Morgan fingerprint density at radius 3 is 2.35 bits per heavy atom. The van der Waals surface area contributed by atoms with Gasteiger partial charge in [0.2, 0.25) is 5.91 Å². The van der Waals surface area contributed by atoms with Gasteiger partial charge in [-0.15, -0.1) is 0 Å². The Morgan fingerprint density at radius 2 is 1.90 bits per heavy atom. The highest BCUT2D eigenvalue weighted by atomic mass is 16.5. The molecule has 1 atom stereocenters. The molecule has 0 unspecified atom stereocenters. The fourth-order valence-corrected chi connectivity index (χ4v) is 2.79.